The van der Waals surface area contributed by atoms with Crippen LogP contribution in [0.25, 0.3) is 0 Å². The maximum Gasteiger partial charge on any atom is 0.255 e. The number of aromatic nitrogens is 1. The second kappa shape index (κ2) is 9.77. The molecule has 4 rings (SSSR count). The van der Waals surface area contributed by atoms with Crippen molar-refractivity contribution in [1.29, 1.82) is 0 Å². The lowest BCUT2D eigenvalue weighted by Gasteiger charge is -2.33. The molecule has 0 radical (unpaired) electrons. The Balaban J connectivity index is 1.39. The van der Waals surface area contributed by atoms with E-state index in [4.69, 9.17) is 15.0 Å². The Morgan fingerprint density at radius 2 is 1.82 bits per heavy atom. The Morgan fingerprint density at radius 1 is 1.12 bits per heavy atom. The van der Waals surface area contributed by atoms with Gasteiger partial charge in [0.25, 0.3) is 5.91 Å². The molecule has 1 aliphatic heterocycles. The van der Waals surface area contributed by atoms with Crippen molar-refractivity contribution in [1.82, 2.24) is 5.16 Å². The molecule has 2 amide bonds. The van der Waals surface area contributed by atoms with Crippen molar-refractivity contribution in [3.05, 3.63) is 71.1 Å². The fourth-order valence-electron chi connectivity index (χ4n) is 4.02. The fraction of sp³-hybridized carbons (Fsp3) is 0.320. The molecule has 1 saturated heterocycles. The Hall–Kier alpha value is -3.81. The molecule has 8 heteroatoms. The van der Waals surface area contributed by atoms with Gasteiger partial charge in [0.2, 0.25) is 5.91 Å². The third-order valence-electron chi connectivity index (χ3n) is 6.07. The van der Waals surface area contributed by atoms with E-state index in [0.717, 1.165) is 41.5 Å². The molecule has 33 heavy (non-hydrogen) atoms. The van der Waals surface area contributed by atoms with Gasteiger partial charge in [0.1, 0.15) is 18.1 Å². The highest BCUT2D eigenvalue weighted by Crippen LogP contribution is 2.30. The first-order valence-electron chi connectivity index (χ1n) is 11.0. The van der Waals surface area contributed by atoms with Gasteiger partial charge in [0.15, 0.2) is 0 Å². The van der Waals surface area contributed by atoms with Crippen molar-refractivity contribution < 1.29 is 18.8 Å². The van der Waals surface area contributed by atoms with Crippen molar-refractivity contribution >= 4 is 23.2 Å². The van der Waals surface area contributed by atoms with Crippen LogP contribution in [-0.2, 0) is 11.4 Å². The zero-order valence-electron chi connectivity index (χ0n) is 18.8. The Morgan fingerprint density at radius 3 is 2.45 bits per heavy atom. The summed E-state index contributed by atoms with van der Waals surface area (Å²) in [6, 6.07) is 14.7. The molecule has 0 atom stereocenters. The average Bonchev–Trinajstić information content (AvgIpc) is 3.15. The molecule has 0 aliphatic carbocycles. The van der Waals surface area contributed by atoms with Crippen LogP contribution in [0.3, 0.4) is 0 Å². The topological polar surface area (TPSA) is 111 Å². The molecule has 3 N–H and O–H groups in total. The number of carbonyl (C=O) groups excluding carboxylic acids is 2. The first-order chi connectivity index (χ1) is 15.9. The summed E-state index contributed by atoms with van der Waals surface area (Å²) in [7, 11) is 0. The van der Waals surface area contributed by atoms with E-state index in [9.17, 15) is 9.59 Å². The van der Waals surface area contributed by atoms with E-state index in [-0.39, 0.29) is 17.7 Å². The van der Waals surface area contributed by atoms with Crippen molar-refractivity contribution in [3.8, 4) is 5.75 Å². The summed E-state index contributed by atoms with van der Waals surface area (Å²) >= 11 is 0. The number of para-hydroxylation sites is 2. The minimum absolute atomic E-state index is 0.0821. The molecule has 1 fully saturated rings. The predicted molar refractivity (Wildman–Crippen MR) is 125 cm³/mol. The third-order valence-corrected chi connectivity index (χ3v) is 6.07. The number of benzene rings is 2. The number of nitrogens with two attached hydrogens (primary N) is 1. The maximum absolute atomic E-state index is 12.9. The molecule has 0 unspecified atom stereocenters. The van der Waals surface area contributed by atoms with Crippen molar-refractivity contribution in [2.24, 2.45) is 11.7 Å². The summed E-state index contributed by atoms with van der Waals surface area (Å²) in [5, 5.41) is 6.94. The van der Waals surface area contributed by atoms with Crippen LogP contribution in [0.2, 0.25) is 0 Å². The van der Waals surface area contributed by atoms with Gasteiger partial charge in [-0.15, -0.1) is 0 Å². The molecule has 8 nitrogen and oxygen atoms in total. The Kier molecular flexibility index (Phi) is 6.63. The molecular weight excluding hydrogens is 420 g/mol. The molecule has 2 aromatic carbocycles. The molecule has 1 aromatic heterocycles. The zero-order chi connectivity index (χ0) is 23.4. The number of aryl methyl sites for hydroxylation is 2. The van der Waals surface area contributed by atoms with Crippen molar-refractivity contribution in [3.63, 3.8) is 0 Å². The molecule has 1 aliphatic rings. The first-order valence-corrected chi connectivity index (χ1v) is 11.0. The van der Waals surface area contributed by atoms with Gasteiger partial charge in [-0.1, -0.05) is 17.3 Å². The normalized spacial score (nSPS) is 14.2. The number of primary amides is 1. The quantitative estimate of drug-likeness (QED) is 0.568. The molecule has 0 bridgehead atoms. The van der Waals surface area contributed by atoms with Gasteiger partial charge in [-0.05, 0) is 63.1 Å². The standard InChI is InChI=1S/C25H28N4O4/c1-16-21(17(2)33-28-16)15-32-20-9-7-19(8-10-20)25(31)27-22-5-3-4-6-23(22)29-13-11-18(12-14-29)24(26)30/h3-10,18H,11-15H2,1-2H3,(H2,26,30)(H,27,31). The van der Waals surface area contributed by atoms with E-state index in [0.29, 0.717) is 30.8 Å². The number of anilines is 2. The van der Waals surface area contributed by atoms with Gasteiger partial charge in [-0.2, -0.15) is 0 Å². The molecular formula is C25H28N4O4. The highest BCUT2D eigenvalue weighted by atomic mass is 16.5. The minimum Gasteiger partial charge on any atom is -0.489 e. The smallest absolute Gasteiger partial charge is 0.255 e. The van der Waals surface area contributed by atoms with Gasteiger partial charge >= 0.3 is 0 Å². The van der Waals surface area contributed by atoms with Crippen LogP contribution < -0.4 is 20.7 Å². The number of nitrogens with one attached hydrogen (secondary N) is 1. The molecule has 2 heterocycles. The second-order valence-electron chi connectivity index (χ2n) is 8.25. The average molecular weight is 449 g/mol. The van der Waals surface area contributed by atoms with Crippen LogP contribution in [-0.4, -0.2) is 30.1 Å². The van der Waals surface area contributed by atoms with E-state index in [2.05, 4.69) is 15.4 Å². The summed E-state index contributed by atoms with van der Waals surface area (Å²) in [6.07, 6.45) is 1.43. The number of amides is 2. The maximum atomic E-state index is 12.9. The molecule has 0 spiro atoms. The highest BCUT2D eigenvalue weighted by Gasteiger charge is 2.24. The van der Waals surface area contributed by atoms with Gasteiger partial charge in [-0.3, -0.25) is 9.59 Å². The van der Waals surface area contributed by atoms with Gasteiger partial charge in [-0.25, -0.2) is 0 Å². The zero-order valence-corrected chi connectivity index (χ0v) is 18.8. The number of nitrogens with zero attached hydrogens (tertiary/aromatic N) is 2. The van der Waals surface area contributed by atoms with Gasteiger partial charge in [0.05, 0.1) is 22.6 Å². The molecule has 0 saturated carbocycles. The Labute approximate surface area is 192 Å². The number of hydrogen-bond donors (Lipinski definition) is 2. The van der Waals surface area contributed by atoms with Crippen LogP contribution >= 0.6 is 0 Å². The number of carbonyl (C=O) groups is 2. The van der Waals surface area contributed by atoms with Gasteiger partial charge < -0.3 is 25.2 Å². The number of rotatable bonds is 7. The van der Waals surface area contributed by atoms with Gasteiger partial charge in [0, 0.05) is 24.6 Å². The third kappa shape index (κ3) is 5.16. The number of ether oxygens (including phenoxy) is 1. The van der Waals surface area contributed by atoms with E-state index < -0.39 is 0 Å². The monoisotopic (exact) mass is 448 g/mol. The highest BCUT2D eigenvalue weighted by molar-refractivity contribution is 6.06. The van der Waals surface area contributed by atoms with Crippen LogP contribution in [0.4, 0.5) is 11.4 Å². The molecule has 172 valence electrons. The van der Waals surface area contributed by atoms with E-state index in [1.807, 2.05) is 38.1 Å². The van der Waals surface area contributed by atoms with E-state index in [1.54, 1.807) is 24.3 Å². The summed E-state index contributed by atoms with van der Waals surface area (Å²) in [5.41, 5.74) is 9.38. The lowest BCUT2D eigenvalue weighted by atomic mass is 9.96. The summed E-state index contributed by atoms with van der Waals surface area (Å²) in [5.74, 6) is 0.869. The fourth-order valence-corrected chi connectivity index (χ4v) is 4.02. The SMILES string of the molecule is Cc1noc(C)c1COc1ccc(C(=O)Nc2ccccc2N2CCC(C(N)=O)CC2)cc1. The number of piperidine rings is 1. The summed E-state index contributed by atoms with van der Waals surface area (Å²) < 4.78 is 11.0. The van der Waals surface area contributed by atoms with Crippen molar-refractivity contribution in [2.45, 2.75) is 33.3 Å². The van der Waals surface area contributed by atoms with Crippen LogP contribution in [0.1, 0.15) is 40.2 Å². The summed E-state index contributed by atoms with van der Waals surface area (Å²) in [6.45, 7) is 5.52. The van der Waals surface area contributed by atoms with Crippen LogP contribution in [0.15, 0.2) is 53.1 Å². The van der Waals surface area contributed by atoms with E-state index in [1.165, 1.54) is 0 Å². The molecule has 3 aromatic rings. The first kappa shape index (κ1) is 22.4. The van der Waals surface area contributed by atoms with Crippen LogP contribution in [0, 0.1) is 19.8 Å². The van der Waals surface area contributed by atoms with Crippen LogP contribution in [0.5, 0.6) is 5.75 Å². The minimum atomic E-state index is -0.240. The summed E-state index contributed by atoms with van der Waals surface area (Å²) in [4.78, 5) is 26.5. The van der Waals surface area contributed by atoms with E-state index >= 15 is 0 Å². The lowest BCUT2D eigenvalue weighted by Crippen LogP contribution is -2.38. The van der Waals surface area contributed by atoms with Crippen molar-refractivity contribution in [2.75, 3.05) is 23.3 Å². The largest absolute Gasteiger partial charge is 0.489 e. The predicted octanol–water partition coefficient (Wildman–Crippen LogP) is 3.82. The Bertz CT molecular complexity index is 1110. The number of hydrogen-bond acceptors (Lipinski definition) is 6. The second-order valence-corrected chi connectivity index (χ2v) is 8.25. The lowest BCUT2D eigenvalue weighted by molar-refractivity contribution is -0.122.